The van der Waals surface area contributed by atoms with E-state index in [2.05, 4.69) is 15.3 Å². The van der Waals surface area contributed by atoms with Gasteiger partial charge in [0.1, 0.15) is 0 Å². The summed E-state index contributed by atoms with van der Waals surface area (Å²) in [5.41, 5.74) is 5.08. The lowest BCUT2D eigenvalue weighted by Gasteiger charge is -2.08. The Labute approximate surface area is 145 Å². The molecule has 2 aromatic carbocycles. The first-order valence-electron chi connectivity index (χ1n) is 7.72. The molecule has 24 heavy (non-hydrogen) atoms. The number of thioether (sulfide) groups is 1. The molecule has 0 aliphatic carbocycles. The molecule has 4 nitrogen and oxygen atoms in total. The molecule has 3 aromatic rings. The number of nitrogens with one attached hydrogen (secondary N) is 2. The van der Waals surface area contributed by atoms with Crippen molar-refractivity contribution < 1.29 is 4.79 Å². The number of benzene rings is 2. The monoisotopic (exact) mass is 337 g/mol. The molecule has 0 radical (unpaired) electrons. The fraction of sp³-hybridized carbons (Fsp3) is 0.158. The van der Waals surface area contributed by atoms with Crippen LogP contribution in [0.4, 0.5) is 5.69 Å². The third-order valence-corrected chi connectivity index (χ3v) is 4.53. The zero-order valence-electron chi connectivity index (χ0n) is 13.7. The largest absolute Gasteiger partial charge is 0.333 e. The molecule has 0 aliphatic rings. The number of aromatic nitrogens is 2. The van der Waals surface area contributed by atoms with Crippen molar-refractivity contribution in [2.24, 2.45) is 0 Å². The van der Waals surface area contributed by atoms with Gasteiger partial charge in [0.2, 0.25) is 5.91 Å². The number of rotatable bonds is 5. The molecule has 0 unspecified atom stereocenters. The predicted octanol–water partition coefficient (Wildman–Crippen LogP) is 4.42. The molecule has 122 valence electrons. The van der Waals surface area contributed by atoms with E-state index in [0.29, 0.717) is 5.75 Å². The molecule has 1 heterocycles. The summed E-state index contributed by atoms with van der Waals surface area (Å²) in [6.07, 6.45) is 1.79. The van der Waals surface area contributed by atoms with Crippen molar-refractivity contribution in [1.29, 1.82) is 0 Å². The highest BCUT2D eigenvalue weighted by molar-refractivity contribution is 7.99. The molecule has 0 aliphatic heterocycles. The topological polar surface area (TPSA) is 57.8 Å². The number of anilines is 1. The van der Waals surface area contributed by atoms with Crippen LogP contribution in [0.3, 0.4) is 0 Å². The van der Waals surface area contributed by atoms with E-state index < -0.39 is 0 Å². The summed E-state index contributed by atoms with van der Waals surface area (Å²) < 4.78 is 0. The summed E-state index contributed by atoms with van der Waals surface area (Å²) in [7, 11) is 0. The number of hydrogen-bond donors (Lipinski definition) is 2. The van der Waals surface area contributed by atoms with Crippen molar-refractivity contribution in [2.75, 3.05) is 11.1 Å². The summed E-state index contributed by atoms with van der Waals surface area (Å²) in [6, 6.07) is 16.0. The summed E-state index contributed by atoms with van der Waals surface area (Å²) in [5.74, 6) is 0.279. The van der Waals surface area contributed by atoms with Gasteiger partial charge in [-0.3, -0.25) is 4.79 Å². The molecular weight excluding hydrogens is 318 g/mol. The lowest BCUT2D eigenvalue weighted by Crippen LogP contribution is -2.15. The Bertz CT molecular complexity index is 843. The van der Waals surface area contributed by atoms with Crippen LogP contribution in [0.15, 0.2) is 59.9 Å². The number of H-pyrrole nitrogens is 1. The van der Waals surface area contributed by atoms with Gasteiger partial charge in [-0.2, -0.15) is 0 Å². The first-order valence-corrected chi connectivity index (χ1v) is 8.71. The third-order valence-electron chi connectivity index (χ3n) is 3.64. The molecule has 0 saturated heterocycles. The molecule has 0 saturated carbocycles. The van der Waals surface area contributed by atoms with Gasteiger partial charge in [-0.15, -0.1) is 0 Å². The highest BCUT2D eigenvalue weighted by Gasteiger charge is 2.08. The SMILES string of the molecule is Cc1ccc(C)c(NC(=O)CSc2ncc(-c3ccccc3)[nH]2)c1. The Morgan fingerprint density at radius 2 is 1.96 bits per heavy atom. The maximum atomic E-state index is 12.2. The van der Waals surface area contributed by atoms with Crippen LogP contribution in [-0.4, -0.2) is 21.6 Å². The van der Waals surface area contributed by atoms with E-state index in [0.717, 1.165) is 33.2 Å². The van der Waals surface area contributed by atoms with Gasteiger partial charge in [-0.25, -0.2) is 4.98 Å². The standard InChI is InChI=1S/C19H19N3OS/c1-13-8-9-14(2)16(10-13)21-18(23)12-24-19-20-11-17(22-19)15-6-4-3-5-7-15/h3-11H,12H2,1-2H3,(H,20,22)(H,21,23). The number of nitrogens with zero attached hydrogens (tertiary/aromatic N) is 1. The Kier molecular flexibility index (Phi) is 5.01. The maximum absolute atomic E-state index is 12.2. The minimum Gasteiger partial charge on any atom is -0.333 e. The quantitative estimate of drug-likeness (QED) is 0.677. The molecule has 0 atom stereocenters. The summed E-state index contributed by atoms with van der Waals surface area (Å²) >= 11 is 1.39. The summed E-state index contributed by atoms with van der Waals surface area (Å²) in [4.78, 5) is 19.7. The average Bonchev–Trinajstić information content (AvgIpc) is 3.06. The molecule has 0 bridgehead atoms. The molecule has 0 spiro atoms. The normalized spacial score (nSPS) is 10.6. The van der Waals surface area contributed by atoms with Crippen molar-refractivity contribution in [2.45, 2.75) is 19.0 Å². The minimum absolute atomic E-state index is 0.0358. The van der Waals surface area contributed by atoms with E-state index in [1.54, 1.807) is 6.20 Å². The summed E-state index contributed by atoms with van der Waals surface area (Å²) in [6.45, 7) is 4.00. The maximum Gasteiger partial charge on any atom is 0.234 e. The van der Waals surface area contributed by atoms with Gasteiger partial charge >= 0.3 is 0 Å². The van der Waals surface area contributed by atoms with E-state index in [1.807, 2.05) is 62.4 Å². The first-order chi connectivity index (χ1) is 11.6. The Balaban J connectivity index is 1.59. The van der Waals surface area contributed by atoms with Crippen LogP contribution in [0, 0.1) is 13.8 Å². The van der Waals surface area contributed by atoms with Crippen molar-refractivity contribution >= 4 is 23.4 Å². The molecule has 1 amide bonds. The second-order valence-corrected chi connectivity index (χ2v) is 6.59. The first kappa shape index (κ1) is 16.3. The van der Waals surface area contributed by atoms with Gasteiger partial charge in [0.05, 0.1) is 17.6 Å². The molecule has 5 heteroatoms. The highest BCUT2D eigenvalue weighted by Crippen LogP contribution is 2.22. The Hall–Kier alpha value is -2.53. The lowest BCUT2D eigenvalue weighted by atomic mass is 10.1. The van der Waals surface area contributed by atoms with Gasteiger partial charge < -0.3 is 10.3 Å². The van der Waals surface area contributed by atoms with Gasteiger partial charge in [0.25, 0.3) is 0 Å². The van der Waals surface area contributed by atoms with E-state index >= 15 is 0 Å². The smallest absolute Gasteiger partial charge is 0.234 e. The number of amides is 1. The second-order valence-electron chi connectivity index (χ2n) is 5.62. The van der Waals surface area contributed by atoms with Gasteiger partial charge in [0, 0.05) is 5.69 Å². The molecule has 1 aromatic heterocycles. The number of aryl methyl sites for hydroxylation is 2. The number of aromatic amines is 1. The highest BCUT2D eigenvalue weighted by atomic mass is 32.2. The van der Waals surface area contributed by atoms with E-state index in [4.69, 9.17) is 0 Å². The lowest BCUT2D eigenvalue weighted by molar-refractivity contribution is -0.113. The molecule has 3 rings (SSSR count). The number of imidazole rings is 1. The van der Waals surface area contributed by atoms with E-state index in [-0.39, 0.29) is 5.91 Å². The van der Waals surface area contributed by atoms with Crippen LogP contribution in [0.1, 0.15) is 11.1 Å². The van der Waals surface area contributed by atoms with Crippen LogP contribution in [0.2, 0.25) is 0 Å². The predicted molar refractivity (Wildman–Crippen MR) is 99.3 cm³/mol. The number of carbonyl (C=O) groups is 1. The fourth-order valence-corrected chi connectivity index (χ4v) is 2.98. The van der Waals surface area contributed by atoms with Gasteiger partial charge in [0.15, 0.2) is 5.16 Å². The Morgan fingerprint density at radius 3 is 2.75 bits per heavy atom. The number of carbonyl (C=O) groups excluding carboxylic acids is 1. The fourth-order valence-electron chi connectivity index (χ4n) is 2.33. The van der Waals surface area contributed by atoms with Crippen molar-refractivity contribution in [3.63, 3.8) is 0 Å². The zero-order valence-corrected chi connectivity index (χ0v) is 14.5. The minimum atomic E-state index is -0.0358. The van der Waals surface area contributed by atoms with Crippen LogP contribution < -0.4 is 5.32 Å². The third kappa shape index (κ3) is 4.06. The average molecular weight is 337 g/mol. The van der Waals surface area contributed by atoms with Crippen molar-refractivity contribution in [3.8, 4) is 11.3 Å². The molecule has 2 N–H and O–H groups in total. The zero-order chi connectivity index (χ0) is 16.9. The van der Waals surface area contributed by atoms with E-state index in [1.165, 1.54) is 11.8 Å². The van der Waals surface area contributed by atoms with Gasteiger partial charge in [-0.1, -0.05) is 54.2 Å². The van der Waals surface area contributed by atoms with E-state index in [9.17, 15) is 4.79 Å². The molecule has 0 fully saturated rings. The van der Waals surface area contributed by atoms with Crippen LogP contribution >= 0.6 is 11.8 Å². The number of hydrogen-bond acceptors (Lipinski definition) is 3. The summed E-state index contributed by atoms with van der Waals surface area (Å²) in [5, 5.41) is 3.70. The van der Waals surface area contributed by atoms with Crippen LogP contribution in [-0.2, 0) is 4.79 Å². The van der Waals surface area contributed by atoms with Crippen molar-refractivity contribution in [1.82, 2.24) is 9.97 Å². The Morgan fingerprint density at radius 1 is 1.17 bits per heavy atom. The van der Waals surface area contributed by atoms with Gasteiger partial charge in [-0.05, 0) is 36.6 Å². The second kappa shape index (κ2) is 7.36. The van der Waals surface area contributed by atoms with Crippen molar-refractivity contribution in [3.05, 3.63) is 65.9 Å². The molecular formula is C19H19N3OS. The van der Waals surface area contributed by atoms with Crippen LogP contribution in [0.25, 0.3) is 11.3 Å². The van der Waals surface area contributed by atoms with Crippen LogP contribution in [0.5, 0.6) is 0 Å².